The first-order chi connectivity index (χ1) is 53.6. The van der Waals surface area contributed by atoms with Crippen LogP contribution in [0.25, 0.3) is 59.7 Å². The molecule has 731 valence electrons. The number of benzene rings is 12. The Morgan fingerprint density at radius 1 is 0.178 bits per heavy atom. The van der Waals surface area contributed by atoms with Gasteiger partial charge in [-0.05, 0) is 91.7 Å². The number of para-hydroxylation sites is 22. The Hall–Kier alpha value is -10.6. The normalized spacial score (nSPS) is 11.5. The molecule has 0 unspecified atom stereocenters. The maximum absolute atomic E-state index is 3.94. The predicted molar refractivity (Wildman–Crippen MR) is 513 cm³/mol. The molecule has 0 atom stereocenters. The average molecular weight is 2190 g/mol. The molecule has 0 spiro atoms. The SMILES string of the molecule is [CH3+].[CH3+].[CH3+].[CH3+].[CH3+].[CH3+].[CH3-].[CH3-].[CH3-].[CH3-].[CH3-].[CH3-].[Cu+2].[Cu].[Cu].[Cu].[Cu].[Cu].[Cu].[Cu].[Cu].c1ccc2c(c1)[CH+]C[CH-]2.c1ccc2c(c1)[N-]NN2.c1ccc2c(c1)[N-]NN2.c1ccc2c(c1)[N-]NN2.c1ccc2c(c1)[N-]NN2.c1ccc2c(c1)[N-]NN2.c1ccc2c(c1)[N-]NN2.c1ccc2c(c1)[N-]NN2.c1ccc2c(c1)[N-]NN2.c1ccc2c(c1)[N-]NN2.c1ccc2c(c1)[N-]NN2.c1ccc2c(c1)[N-]NN2. The Kier molecular flexibility index (Phi) is 79.6. The molecule has 12 aliphatic rings. The smallest absolute Gasteiger partial charge is 0.602 e. The summed E-state index contributed by atoms with van der Waals surface area (Å²) in [7, 11) is 0. The summed E-state index contributed by atoms with van der Waals surface area (Å²) in [6, 6.07) is 94.7. The number of nitrogens with one attached hydrogen (secondary N) is 22. The number of fused-ring (bicyclic) bond motifs is 12. The molecular formula is C87H110Cu9N33-9. The van der Waals surface area contributed by atoms with Crippen LogP contribution >= 0.6 is 0 Å². The van der Waals surface area contributed by atoms with Gasteiger partial charge in [0.05, 0.1) is 0 Å². The standard InChI is InChI=1S/C9H8.11C6H6N3.12CH3.9Cu/c1-2-5-9-7-3-6-8(9)4-1;11*1-2-4-6-5(3-1)7-9-8-6;;;;;;;;;;;;;;;;;;;;;/h1-2,4-7H,3H2;11*1-4,7,9H;12*1H3;;;;;;;;;/q;17*-1;6*+1;;;;;;;;;+2. The Bertz CT molecular complexity index is 3490. The quantitative estimate of drug-likeness (QED) is 0.0495. The minimum Gasteiger partial charge on any atom is -0.602 e. The summed E-state index contributed by atoms with van der Waals surface area (Å²) in [5.74, 6) is 0. The molecule has 12 aromatic rings. The second-order valence-corrected chi connectivity index (χ2v) is 22.8. The summed E-state index contributed by atoms with van der Waals surface area (Å²) in [5.41, 5.74) is 129. The van der Waals surface area contributed by atoms with E-state index in [0.717, 1.165) is 132 Å². The third kappa shape index (κ3) is 41.8. The van der Waals surface area contributed by atoms with Crippen LogP contribution in [0.4, 0.5) is 125 Å². The average Bonchev–Trinajstić information content (AvgIpc) is 1.88. The Morgan fingerprint density at radius 2 is 0.295 bits per heavy atom. The van der Waals surface area contributed by atoms with Crippen molar-refractivity contribution in [1.29, 1.82) is 0 Å². The Labute approximate surface area is 861 Å². The topological polar surface area (TPSA) is 420 Å². The summed E-state index contributed by atoms with van der Waals surface area (Å²) in [4.78, 5) is 0. The number of anilines is 11. The van der Waals surface area contributed by atoms with Crippen LogP contribution in [-0.2, 0) is 154 Å². The second kappa shape index (κ2) is 75.3. The molecule has 129 heavy (non-hydrogen) atoms. The molecule has 0 saturated carbocycles. The molecule has 24 rings (SSSR count). The van der Waals surface area contributed by atoms with Crippen LogP contribution < -0.4 is 121 Å². The third-order valence-electron chi connectivity index (χ3n) is 15.7. The van der Waals surface area contributed by atoms with E-state index in [1.807, 2.05) is 267 Å². The van der Waals surface area contributed by atoms with E-state index in [1.165, 1.54) is 11.1 Å². The zero-order valence-electron chi connectivity index (χ0n) is 72.2. The van der Waals surface area contributed by atoms with Gasteiger partial charge in [-0.2, -0.15) is 0 Å². The van der Waals surface area contributed by atoms with Gasteiger partial charge in [-0.15, -0.1) is 75.0 Å². The molecule has 9 radical (unpaired) electrons. The van der Waals surface area contributed by atoms with Crippen molar-refractivity contribution in [3.8, 4) is 0 Å². The minimum absolute atomic E-state index is 0. The first-order valence-electron chi connectivity index (χ1n) is 33.7. The van der Waals surface area contributed by atoms with E-state index in [-0.39, 0.29) is 243 Å². The summed E-state index contributed by atoms with van der Waals surface area (Å²) < 4.78 is 0. The minimum atomic E-state index is 0. The number of rotatable bonds is 0. The van der Waals surface area contributed by atoms with E-state index < -0.39 is 0 Å². The van der Waals surface area contributed by atoms with Crippen molar-refractivity contribution in [2.45, 2.75) is 6.42 Å². The summed E-state index contributed by atoms with van der Waals surface area (Å²) in [5, 5.41) is 0. The molecule has 0 amide bonds. The molecule has 22 N–H and O–H groups in total. The fourth-order valence-electron chi connectivity index (χ4n) is 10.3. The van der Waals surface area contributed by atoms with Crippen LogP contribution in [0.15, 0.2) is 291 Å². The van der Waals surface area contributed by atoms with Gasteiger partial charge in [0.25, 0.3) is 0 Å². The van der Waals surface area contributed by atoms with Crippen LogP contribution in [0.5, 0.6) is 0 Å². The van der Waals surface area contributed by atoms with E-state index in [2.05, 4.69) is 217 Å². The van der Waals surface area contributed by atoms with Gasteiger partial charge < -0.3 is 225 Å². The summed E-state index contributed by atoms with van der Waals surface area (Å²) in [6.45, 7) is 0. The maximum atomic E-state index is 3.94. The maximum Gasteiger partial charge on any atom is 2.00 e. The van der Waals surface area contributed by atoms with Crippen LogP contribution in [0, 0.1) is 102 Å². The number of hydrazine groups is 11. The first-order valence-corrected chi connectivity index (χ1v) is 33.7. The van der Waals surface area contributed by atoms with E-state index in [0.29, 0.717) is 0 Å². The molecule has 11 heterocycles. The molecular weight excluding hydrogens is 2080 g/mol. The molecule has 11 aliphatic heterocycles. The molecule has 0 fully saturated rings. The van der Waals surface area contributed by atoms with Crippen molar-refractivity contribution in [1.82, 2.24) is 60.9 Å². The predicted octanol–water partition coefficient (Wildman–Crippen LogP) is 24.5. The van der Waals surface area contributed by atoms with Crippen molar-refractivity contribution >= 4 is 125 Å². The molecule has 0 bridgehead atoms. The first kappa shape index (κ1) is 136. The van der Waals surface area contributed by atoms with Crippen molar-refractivity contribution in [2.75, 3.05) is 59.7 Å². The van der Waals surface area contributed by atoms with Crippen LogP contribution in [0.3, 0.4) is 0 Å². The zero-order valence-corrected chi connectivity index (χ0v) is 80.7. The van der Waals surface area contributed by atoms with Gasteiger partial charge in [0.15, 0.2) is 0 Å². The second-order valence-electron chi connectivity index (χ2n) is 22.8. The Balaban J connectivity index is -0.000000171. The monoisotopic (exact) mass is 2180 g/mol. The summed E-state index contributed by atoms with van der Waals surface area (Å²) in [6.07, 6.45) is 5.60. The summed E-state index contributed by atoms with van der Waals surface area (Å²) >= 11 is 0. The number of hydrogen-bond acceptors (Lipinski definition) is 22. The number of hydrogen-bond donors (Lipinski definition) is 22. The van der Waals surface area contributed by atoms with Gasteiger partial charge in [0.1, 0.15) is 0 Å². The van der Waals surface area contributed by atoms with Gasteiger partial charge >= 0.3 is 17.1 Å². The van der Waals surface area contributed by atoms with Gasteiger partial charge in [-0.1, -0.05) is 212 Å². The largest absolute Gasteiger partial charge is 2.00 e. The van der Waals surface area contributed by atoms with Gasteiger partial charge in [-0.25, -0.2) is 0 Å². The van der Waals surface area contributed by atoms with Crippen LogP contribution in [0.2, 0.25) is 0 Å². The van der Waals surface area contributed by atoms with Gasteiger partial charge in [0.2, 0.25) is 0 Å². The van der Waals surface area contributed by atoms with Crippen molar-refractivity contribution in [3.05, 3.63) is 464 Å². The van der Waals surface area contributed by atoms with E-state index in [4.69, 9.17) is 0 Å². The number of nitrogens with zero attached hydrogens (tertiary/aromatic N) is 11. The molecule has 12 aromatic carbocycles. The van der Waals surface area contributed by atoms with Crippen molar-refractivity contribution in [2.24, 2.45) is 0 Å². The fraction of sp³-hybridized carbons (Fsp3) is 0.0115. The fourth-order valence-corrected chi connectivity index (χ4v) is 10.3. The van der Waals surface area contributed by atoms with Crippen molar-refractivity contribution < 1.29 is 154 Å². The van der Waals surface area contributed by atoms with Crippen LogP contribution in [-0.4, -0.2) is 0 Å². The molecule has 0 saturated heterocycles. The third-order valence-corrected chi connectivity index (χ3v) is 15.7. The molecule has 0 aromatic heterocycles. The zero-order chi connectivity index (χ0) is 73.3. The van der Waals surface area contributed by atoms with E-state index >= 15 is 0 Å². The van der Waals surface area contributed by atoms with E-state index in [1.54, 1.807) is 0 Å². The molecule has 42 heteroatoms. The van der Waals surface area contributed by atoms with Gasteiger partial charge in [0, 0.05) is 249 Å². The Morgan fingerprint density at radius 3 is 0.419 bits per heavy atom. The molecule has 33 nitrogen and oxygen atoms in total. The van der Waals surface area contributed by atoms with Crippen LogP contribution in [0.1, 0.15) is 17.5 Å². The van der Waals surface area contributed by atoms with Crippen molar-refractivity contribution in [3.63, 3.8) is 0 Å². The molecule has 1 aliphatic carbocycles. The van der Waals surface area contributed by atoms with Gasteiger partial charge in [-0.3, -0.25) is 0 Å². The van der Waals surface area contributed by atoms with E-state index in [9.17, 15) is 0 Å².